The fourth-order valence-electron chi connectivity index (χ4n) is 3.88. The van der Waals surface area contributed by atoms with Crippen LogP contribution in [0.3, 0.4) is 0 Å². The summed E-state index contributed by atoms with van der Waals surface area (Å²) in [5.74, 6) is -0.931. The van der Waals surface area contributed by atoms with Crippen molar-refractivity contribution in [2.45, 2.75) is 25.2 Å². The summed E-state index contributed by atoms with van der Waals surface area (Å²) >= 11 is 0. The van der Waals surface area contributed by atoms with Crippen LogP contribution in [0.1, 0.15) is 12.6 Å². The van der Waals surface area contributed by atoms with E-state index in [2.05, 4.69) is 20.6 Å². The van der Waals surface area contributed by atoms with Crippen LogP contribution in [0.2, 0.25) is 0 Å². The van der Waals surface area contributed by atoms with Gasteiger partial charge < -0.3 is 25.4 Å². The van der Waals surface area contributed by atoms with Gasteiger partial charge in [0.2, 0.25) is 0 Å². The van der Waals surface area contributed by atoms with E-state index in [1.165, 1.54) is 21.8 Å². The molecule has 4 heterocycles. The number of hydrogen-bond acceptors (Lipinski definition) is 10. The molecule has 2 amide bonds. The van der Waals surface area contributed by atoms with Gasteiger partial charge in [0.1, 0.15) is 11.8 Å². The van der Waals surface area contributed by atoms with Crippen LogP contribution in [0, 0.1) is 11.3 Å². The van der Waals surface area contributed by atoms with Gasteiger partial charge in [0, 0.05) is 36.3 Å². The highest BCUT2D eigenvalue weighted by Gasteiger charge is 2.42. The van der Waals surface area contributed by atoms with Crippen molar-refractivity contribution in [1.29, 1.82) is 5.26 Å². The number of benzene rings is 1. The van der Waals surface area contributed by atoms with Crippen LogP contribution in [0.5, 0.6) is 0 Å². The number of pyridine rings is 1. The van der Waals surface area contributed by atoms with Gasteiger partial charge in [0.15, 0.2) is 29.4 Å². The summed E-state index contributed by atoms with van der Waals surface area (Å²) in [5, 5.41) is 31.0. The van der Waals surface area contributed by atoms with E-state index in [0.29, 0.717) is 28.2 Å². The van der Waals surface area contributed by atoms with Gasteiger partial charge in [-0.05, 0) is 25.1 Å². The first-order valence-electron chi connectivity index (χ1n) is 10.9. The summed E-state index contributed by atoms with van der Waals surface area (Å²) in [5.41, 5.74) is 7.19. The van der Waals surface area contributed by atoms with Crippen LogP contribution in [0.4, 0.5) is 17.3 Å². The Kier molecular flexibility index (Phi) is 5.80. The third-order valence-electron chi connectivity index (χ3n) is 5.63. The number of rotatable bonds is 5. The number of amides is 2. The first-order valence-corrected chi connectivity index (χ1v) is 10.9. The summed E-state index contributed by atoms with van der Waals surface area (Å²) < 4.78 is 12.2. The number of hydrogen-bond donors (Lipinski definition) is 3. The molecular weight excluding hydrogens is 468 g/mol. The highest BCUT2D eigenvalue weighted by atomic mass is 16.5. The van der Waals surface area contributed by atoms with Crippen LogP contribution in [0.15, 0.2) is 53.3 Å². The van der Waals surface area contributed by atoms with E-state index in [1.54, 1.807) is 43.5 Å². The lowest BCUT2D eigenvalue weighted by molar-refractivity contribution is -0.156. The van der Waals surface area contributed by atoms with Gasteiger partial charge in [0.05, 0.1) is 23.7 Å². The van der Waals surface area contributed by atoms with Crippen molar-refractivity contribution in [1.82, 2.24) is 19.9 Å². The SMILES string of the molecule is C[C@H]1CN(c2ccn(-c3ccnc(C#N)c3)n2)C(=O)[C@@H](C(O)C(=O)Nc2ccc3c(N)noc3c2)O1. The molecular formula is C23H20N8O5. The number of fused-ring (bicyclic) bond motifs is 1. The van der Waals surface area contributed by atoms with Crippen molar-refractivity contribution in [3.8, 4) is 11.8 Å². The molecule has 0 radical (unpaired) electrons. The molecule has 1 aliphatic heterocycles. The standard InChI is InChI=1S/C23H20N8O5/c1-12-11-30(18-5-7-31(28-18)15-4-6-26-14(8-15)10-24)23(34)20(35-12)19(32)22(33)27-13-2-3-16-17(9-13)36-29-21(16)25/h2-9,12,19-20,32H,11H2,1H3,(H2,25,29)(H,27,33)/t12-,19?,20+/m0/s1. The first-order chi connectivity index (χ1) is 17.3. The van der Waals surface area contributed by atoms with Gasteiger partial charge in [-0.2, -0.15) is 5.26 Å². The summed E-state index contributed by atoms with van der Waals surface area (Å²) in [6, 6.07) is 11.5. The average molecular weight is 488 g/mol. The Bertz CT molecular complexity index is 1510. The minimum absolute atomic E-state index is 0.171. The quantitative estimate of drug-likeness (QED) is 0.366. The molecule has 0 bridgehead atoms. The van der Waals surface area contributed by atoms with E-state index in [4.69, 9.17) is 20.3 Å². The number of aliphatic hydroxyl groups excluding tert-OH is 1. The van der Waals surface area contributed by atoms with Crippen LogP contribution >= 0.6 is 0 Å². The van der Waals surface area contributed by atoms with Gasteiger partial charge in [-0.25, -0.2) is 9.67 Å². The maximum Gasteiger partial charge on any atom is 0.260 e. The normalized spacial score (nSPS) is 18.7. The second kappa shape index (κ2) is 9.10. The largest absolute Gasteiger partial charge is 0.380 e. The lowest BCUT2D eigenvalue weighted by atomic mass is 10.1. The number of nitriles is 1. The Morgan fingerprint density at radius 2 is 2.17 bits per heavy atom. The number of aliphatic hydroxyl groups is 1. The molecule has 1 aliphatic rings. The molecule has 1 aromatic carbocycles. The minimum atomic E-state index is -1.79. The number of morpholine rings is 1. The third-order valence-corrected chi connectivity index (χ3v) is 5.63. The predicted octanol–water partition coefficient (Wildman–Crippen LogP) is 0.982. The molecule has 0 aliphatic carbocycles. The van der Waals surface area contributed by atoms with Gasteiger partial charge in [-0.1, -0.05) is 5.16 Å². The number of carbonyl (C=O) groups is 2. The number of anilines is 3. The van der Waals surface area contributed by atoms with Crippen LogP contribution in [0.25, 0.3) is 16.7 Å². The Labute approximate surface area is 203 Å². The number of nitrogens with two attached hydrogens (primary N) is 1. The van der Waals surface area contributed by atoms with Crippen LogP contribution < -0.4 is 16.0 Å². The van der Waals surface area contributed by atoms with Gasteiger partial charge >= 0.3 is 0 Å². The zero-order valence-corrected chi connectivity index (χ0v) is 18.9. The Balaban J connectivity index is 1.33. The van der Waals surface area contributed by atoms with Crippen molar-refractivity contribution in [3.63, 3.8) is 0 Å². The molecule has 182 valence electrons. The average Bonchev–Trinajstić information content (AvgIpc) is 3.52. The zero-order valence-electron chi connectivity index (χ0n) is 18.9. The summed E-state index contributed by atoms with van der Waals surface area (Å²) in [6.07, 6.45) is -0.616. The monoisotopic (exact) mass is 488 g/mol. The highest BCUT2D eigenvalue weighted by molar-refractivity contribution is 6.04. The maximum atomic E-state index is 13.2. The molecule has 3 aromatic heterocycles. The Morgan fingerprint density at radius 1 is 1.33 bits per heavy atom. The van der Waals surface area contributed by atoms with E-state index in [1.807, 2.05) is 6.07 Å². The van der Waals surface area contributed by atoms with Crippen LogP contribution in [-0.2, 0) is 14.3 Å². The van der Waals surface area contributed by atoms with E-state index >= 15 is 0 Å². The fourth-order valence-corrected chi connectivity index (χ4v) is 3.88. The summed E-state index contributed by atoms with van der Waals surface area (Å²) in [6.45, 7) is 1.89. The molecule has 0 spiro atoms. The number of aromatic nitrogens is 4. The molecule has 0 saturated carbocycles. The molecule has 4 aromatic rings. The van der Waals surface area contributed by atoms with Crippen molar-refractivity contribution < 1.29 is 24.0 Å². The Morgan fingerprint density at radius 3 is 2.97 bits per heavy atom. The minimum Gasteiger partial charge on any atom is -0.380 e. The van der Waals surface area contributed by atoms with Crippen molar-refractivity contribution >= 4 is 40.1 Å². The van der Waals surface area contributed by atoms with E-state index in [0.717, 1.165) is 0 Å². The number of ether oxygens (including phenoxy) is 1. The van der Waals surface area contributed by atoms with Crippen LogP contribution in [-0.4, -0.2) is 61.7 Å². The molecule has 1 unspecified atom stereocenters. The topological polar surface area (TPSA) is 185 Å². The van der Waals surface area contributed by atoms with Gasteiger partial charge in [-0.3, -0.25) is 14.5 Å². The maximum absolute atomic E-state index is 13.2. The third kappa shape index (κ3) is 4.22. The predicted molar refractivity (Wildman–Crippen MR) is 126 cm³/mol. The first kappa shape index (κ1) is 23.0. The van der Waals surface area contributed by atoms with E-state index in [9.17, 15) is 14.7 Å². The fraction of sp³-hybridized carbons (Fsp3) is 0.217. The number of nitrogens with zero attached hydrogens (tertiary/aromatic N) is 6. The molecule has 13 nitrogen and oxygen atoms in total. The molecule has 4 N–H and O–H groups in total. The molecule has 3 atom stereocenters. The number of carbonyl (C=O) groups excluding carboxylic acids is 2. The van der Waals surface area contributed by atoms with E-state index < -0.39 is 30.1 Å². The lowest BCUT2D eigenvalue weighted by Crippen LogP contribution is -2.58. The lowest BCUT2D eigenvalue weighted by Gasteiger charge is -2.36. The van der Waals surface area contributed by atoms with E-state index in [-0.39, 0.29) is 18.1 Å². The van der Waals surface area contributed by atoms with Crippen molar-refractivity contribution in [2.75, 3.05) is 22.5 Å². The summed E-state index contributed by atoms with van der Waals surface area (Å²) in [7, 11) is 0. The second-order valence-electron chi connectivity index (χ2n) is 8.16. The van der Waals surface area contributed by atoms with Gasteiger partial charge in [-0.15, -0.1) is 5.10 Å². The molecule has 13 heteroatoms. The molecule has 1 fully saturated rings. The smallest absolute Gasteiger partial charge is 0.260 e. The van der Waals surface area contributed by atoms with Crippen molar-refractivity contribution in [3.05, 3.63) is 54.5 Å². The number of nitrogens with one attached hydrogen (secondary N) is 1. The number of nitrogen functional groups attached to an aromatic ring is 1. The highest BCUT2D eigenvalue weighted by Crippen LogP contribution is 2.25. The molecule has 36 heavy (non-hydrogen) atoms. The second-order valence-corrected chi connectivity index (χ2v) is 8.16. The molecule has 5 rings (SSSR count). The molecule has 1 saturated heterocycles. The Hall–Kier alpha value is -4.80. The summed E-state index contributed by atoms with van der Waals surface area (Å²) in [4.78, 5) is 31.3. The van der Waals surface area contributed by atoms with Gasteiger partial charge in [0.25, 0.3) is 11.8 Å². The zero-order chi connectivity index (χ0) is 25.4. The van der Waals surface area contributed by atoms with Crippen molar-refractivity contribution in [2.24, 2.45) is 0 Å².